The number of fused-ring (bicyclic) bond motifs is 3. The second-order valence-corrected chi connectivity index (χ2v) is 10.1. The van der Waals surface area contributed by atoms with Crippen molar-refractivity contribution in [1.29, 1.82) is 0 Å². The fourth-order valence-electron chi connectivity index (χ4n) is 5.97. The third kappa shape index (κ3) is 4.19. The first-order valence-corrected chi connectivity index (χ1v) is 12.0. The Kier molecular flexibility index (Phi) is 5.60. The van der Waals surface area contributed by atoms with Gasteiger partial charge in [0.15, 0.2) is 23.3 Å². The molecule has 3 aromatic rings. The molecule has 2 aromatic heterocycles. The van der Waals surface area contributed by atoms with Crippen LogP contribution in [0.25, 0.3) is 0 Å². The molecule has 37 heavy (non-hydrogen) atoms. The summed E-state index contributed by atoms with van der Waals surface area (Å²) in [7, 11) is 0. The number of aromatic nitrogens is 5. The van der Waals surface area contributed by atoms with Crippen LogP contribution in [-0.2, 0) is 6.54 Å². The first kappa shape index (κ1) is 24.0. The number of halogens is 6. The van der Waals surface area contributed by atoms with Crippen LogP contribution in [0.4, 0.5) is 38.3 Å². The van der Waals surface area contributed by atoms with Gasteiger partial charge in [0, 0.05) is 30.6 Å². The van der Waals surface area contributed by atoms with Crippen molar-refractivity contribution in [3.05, 3.63) is 46.8 Å². The highest BCUT2D eigenvalue weighted by atomic mass is 19.4. The molecular formula is C23H23F6N7O. The molecule has 2 aliphatic heterocycles. The fraction of sp³-hybridized carbons (Fsp3) is 0.565. The Balaban J connectivity index is 1.28. The Morgan fingerprint density at radius 3 is 2.38 bits per heavy atom. The molecule has 8 nitrogen and oxygen atoms in total. The monoisotopic (exact) mass is 527 g/mol. The highest BCUT2D eigenvalue weighted by Gasteiger charge is 2.47. The molecule has 1 saturated carbocycles. The molecule has 4 heterocycles. The van der Waals surface area contributed by atoms with Crippen LogP contribution in [0.15, 0.2) is 16.7 Å². The topological polar surface area (TPSA) is 84.9 Å². The van der Waals surface area contributed by atoms with Crippen molar-refractivity contribution in [2.75, 3.05) is 23.3 Å². The van der Waals surface area contributed by atoms with Crippen LogP contribution >= 0.6 is 0 Å². The molecule has 0 spiro atoms. The van der Waals surface area contributed by atoms with Crippen LogP contribution in [0.5, 0.6) is 0 Å². The zero-order chi connectivity index (χ0) is 26.1. The predicted octanol–water partition coefficient (Wildman–Crippen LogP) is 4.43. The lowest BCUT2D eigenvalue weighted by atomic mass is 9.84. The van der Waals surface area contributed by atoms with Crippen LogP contribution < -0.4 is 10.2 Å². The van der Waals surface area contributed by atoms with E-state index in [1.807, 2.05) is 4.90 Å². The summed E-state index contributed by atoms with van der Waals surface area (Å²) in [4.78, 5) is 10.7. The van der Waals surface area contributed by atoms with E-state index < -0.39 is 48.4 Å². The van der Waals surface area contributed by atoms with Crippen molar-refractivity contribution in [2.45, 2.75) is 50.9 Å². The van der Waals surface area contributed by atoms with E-state index in [-0.39, 0.29) is 35.2 Å². The summed E-state index contributed by atoms with van der Waals surface area (Å²) in [5.74, 6) is -6.60. The quantitative estimate of drug-likeness (QED) is 0.397. The number of anilines is 2. The summed E-state index contributed by atoms with van der Waals surface area (Å²) < 4.78 is 89.7. The van der Waals surface area contributed by atoms with E-state index in [0.717, 1.165) is 23.6 Å². The molecule has 1 aromatic carbocycles. The number of aryl methyl sites for hydroxylation is 1. The summed E-state index contributed by atoms with van der Waals surface area (Å²) in [5.41, 5.74) is -0.378. The first-order valence-electron chi connectivity index (χ1n) is 12.0. The van der Waals surface area contributed by atoms with Crippen LogP contribution in [0.1, 0.15) is 42.4 Å². The molecule has 1 aliphatic carbocycles. The Labute approximate surface area is 207 Å². The molecule has 2 bridgehead atoms. The second-order valence-electron chi connectivity index (χ2n) is 10.1. The molecule has 6 rings (SSSR count). The third-order valence-corrected chi connectivity index (χ3v) is 7.75. The number of alkyl halides is 3. The highest BCUT2D eigenvalue weighted by molar-refractivity contribution is 5.36. The summed E-state index contributed by atoms with van der Waals surface area (Å²) in [6, 6.07) is 2.11. The zero-order valence-electron chi connectivity index (χ0n) is 19.6. The van der Waals surface area contributed by atoms with Gasteiger partial charge in [-0.15, -0.1) is 5.10 Å². The summed E-state index contributed by atoms with van der Waals surface area (Å²) in [6.07, 6.45) is -3.27. The van der Waals surface area contributed by atoms with E-state index in [1.54, 1.807) is 6.92 Å². The maximum atomic E-state index is 14.6. The maximum Gasteiger partial charge on any atom is 0.393 e. The van der Waals surface area contributed by atoms with Crippen molar-refractivity contribution < 1.29 is 30.9 Å². The smallest absolute Gasteiger partial charge is 0.350 e. The van der Waals surface area contributed by atoms with Gasteiger partial charge in [-0.3, -0.25) is 0 Å². The van der Waals surface area contributed by atoms with E-state index in [2.05, 4.69) is 25.5 Å². The largest absolute Gasteiger partial charge is 0.393 e. The van der Waals surface area contributed by atoms with Gasteiger partial charge in [0.1, 0.15) is 5.82 Å². The Bertz CT molecular complexity index is 1310. The van der Waals surface area contributed by atoms with Crippen LogP contribution in [0.2, 0.25) is 0 Å². The fourth-order valence-corrected chi connectivity index (χ4v) is 5.97. The van der Waals surface area contributed by atoms with Crippen molar-refractivity contribution in [2.24, 2.45) is 17.8 Å². The molecular weight excluding hydrogens is 504 g/mol. The molecule has 2 fully saturated rings. The Morgan fingerprint density at radius 2 is 1.73 bits per heavy atom. The van der Waals surface area contributed by atoms with E-state index in [4.69, 9.17) is 4.52 Å². The number of piperidine rings is 1. The average molecular weight is 527 g/mol. The Morgan fingerprint density at radius 1 is 1.00 bits per heavy atom. The molecule has 3 aliphatic rings. The normalized spacial score (nSPS) is 27.4. The van der Waals surface area contributed by atoms with Crippen LogP contribution in [-0.4, -0.2) is 50.2 Å². The van der Waals surface area contributed by atoms with Gasteiger partial charge in [-0.25, -0.2) is 17.9 Å². The van der Waals surface area contributed by atoms with Gasteiger partial charge in [0.2, 0.25) is 5.95 Å². The van der Waals surface area contributed by atoms with Gasteiger partial charge in [0.25, 0.3) is 0 Å². The van der Waals surface area contributed by atoms with Gasteiger partial charge in [-0.05, 0) is 44.1 Å². The second kappa shape index (κ2) is 8.62. The number of nitrogens with one attached hydrogen (secondary N) is 1. The van der Waals surface area contributed by atoms with Crippen molar-refractivity contribution in [3.8, 4) is 0 Å². The summed E-state index contributed by atoms with van der Waals surface area (Å²) >= 11 is 0. The third-order valence-electron chi connectivity index (χ3n) is 7.75. The van der Waals surface area contributed by atoms with Gasteiger partial charge < -0.3 is 14.7 Å². The standard InChI is InChI=1S/C23H23F6N7O/c1-10-30-22(37-34-10)35-7-11-2-3-12(8-35)19(11)31-21-32-20-15(14-4-5-16(24)18(26)17(14)25)6-13(23(27,28)29)9-36(20)33-21/h4-5,11-13,15,19H,2-3,6-9H2,1H3,(H,31,33)/t11-,12+,13?,15?,19?. The van der Waals surface area contributed by atoms with E-state index in [9.17, 15) is 26.3 Å². The minimum atomic E-state index is -4.58. The lowest BCUT2D eigenvalue weighted by Gasteiger charge is -2.37. The van der Waals surface area contributed by atoms with E-state index in [1.165, 1.54) is 0 Å². The lowest BCUT2D eigenvalue weighted by Crippen LogP contribution is -2.48. The van der Waals surface area contributed by atoms with Crippen LogP contribution in [0.3, 0.4) is 0 Å². The maximum absolute atomic E-state index is 14.6. The molecule has 198 valence electrons. The number of nitrogens with zero attached hydrogens (tertiary/aromatic N) is 6. The van der Waals surface area contributed by atoms with Crippen molar-refractivity contribution >= 4 is 12.0 Å². The predicted molar refractivity (Wildman–Crippen MR) is 117 cm³/mol. The minimum absolute atomic E-state index is 0.0263. The molecule has 14 heteroatoms. The average Bonchev–Trinajstić information content (AvgIpc) is 3.52. The summed E-state index contributed by atoms with van der Waals surface area (Å²) in [5, 5.41) is 11.4. The van der Waals surface area contributed by atoms with Gasteiger partial charge >= 0.3 is 12.2 Å². The lowest BCUT2D eigenvalue weighted by molar-refractivity contribution is -0.184. The first-order chi connectivity index (χ1) is 17.6. The van der Waals surface area contributed by atoms with Crippen LogP contribution in [0, 0.1) is 42.1 Å². The number of benzene rings is 1. The number of hydrogen-bond donors (Lipinski definition) is 1. The highest BCUT2D eigenvalue weighted by Crippen LogP contribution is 2.44. The van der Waals surface area contributed by atoms with Gasteiger partial charge in [0.05, 0.1) is 12.5 Å². The minimum Gasteiger partial charge on any atom is -0.350 e. The molecule has 1 saturated heterocycles. The summed E-state index contributed by atoms with van der Waals surface area (Å²) in [6.45, 7) is 2.56. The SMILES string of the molecule is Cc1noc(N2C[C@H]3CC[C@@H](C2)C3Nc2nc3n(n2)CC(C(F)(F)F)CC3c2ccc(F)c(F)c2F)n1. The molecule has 0 radical (unpaired) electrons. The number of rotatable bonds is 4. The van der Waals surface area contributed by atoms with E-state index in [0.29, 0.717) is 31.0 Å². The molecule has 1 N–H and O–H groups in total. The van der Waals surface area contributed by atoms with E-state index >= 15 is 0 Å². The van der Waals surface area contributed by atoms with Crippen molar-refractivity contribution in [3.63, 3.8) is 0 Å². The van der Waals surface area contributed by atoms with Crippen molar-refractivity contribution in [1.82, 2.24) is 24.9 Å². The van der Waals surface area contributed by atoms with Gasteiger partial charge in [-0.1, -0.05) is 11.2 Å². The number of hydrogen-bond acceptors (Lipinski definition) is 7. The zero-order valence-corrected chi connectivity index (χ0v) is 19.6. The molecule has 5 atom stereocenters. The van der Waals surface area contributed by atoms with Gasteiger partial charge in [-0.2, -0.15) is 23.1 Å². The molecule has 3 unspecified atom stereocenters. The Hall–Kier alpha value is -3.32. The molecule has 0 amide bonds.